The standard InChI is InChI=1S/C19H25BrO3SSi/c1-25(2,3)14-16(21)13-12-15-8-7-11-18(19(15)20)24(22,23)17-9-5-4-6-10-17/h4-11,16,21H,12-14H2,1-3H3. The van der Waals surface area contributed by atoms with E-state index in [-0.39, 0.29) is 15.9 Å². The van der Waals surface area contributed by atoms with Crippen LogP contribution in [-0.2, 0) is 16.3 Å². The van der Waals surface area contributed by atoms with E-state index in [1.165, 1.54) is 0 Å². The summed E-state index contributed by atoms with van der Waals surface area (Å²) >= 11 is 3.47. The predicted octanol–water partition coefficient (Wildman–Crippen LogP) is 4.91. The van der Waals surface area contributed by atoms with E-state index in [0.717, 1.165) is 11.6 Å². The van der Waals surface area contributed by atoms with Gasteiger partial charge < -0.3 is 5.11 Å². The molecule has 6 heteroatoms. The van der Waals surface area contributed by atoms with Gasteiger partial charge in [-0.05, 0) is 58.6 Å². The maximum Gasteiger partial charge on any atom is 0.207 e. The Bertz CT molecular complexity index is 814. The number of benzene rings is 2. The van der Waals surface area contributed by atoms with Gasteiger partial charge in [-0.2, -0.15) is 0 Å². The Kier molecular flexibility index (Phi) is 6.65. The number of sulfone groups is 1. The molecule has 1 unspecified atom stereocenters. The van der Waals surface area contributed by atoms with Gasteiger partial charge >= 0.3 is 0 Å². The Morgan fingerprint density at radius 1 is 1.04 bits per heavy atom. The fourth-order valence-electron chi connectivity index (χ4n) is 2.81. The van der Waals surface area contributed by atoms with E-state index in [9.17, 15) is 13.5 Å². The lowest BCUT2D eigenvalue weighted by molar-refractivity contribution is 0.183. The van der Waals surface area contributed by atoms with E-state index < -0.39 is 17.9 Å². The van der Waals surface area contributed by atoms with Gasteiger partial charge in [-0.1, -0.05) is 50.0 Å². The molecule has 0 aliphatic heterocycles. The van der Waals surface area contributed by atoms with Crippen molar-refractivity contribution in [1.82, 2.24) is 0 Å². The predicted molar refractivity (Wildman–Crippen MR) is 109 cm³/mol. The number of aliphatic hydroxyl groups excluding tert-OH is 1. The third-order valence-electron chi connectivity index (χ3n) is 3.98. The molecular weight excluding hydrogens is 416 g/mol. The van der Waals surface area contributed by atoms with Crippen molar-refractivity contribution in [2.24, 2.45) is 0 Å². The maximum atomic E-state index is 12.9. The van der Waals surface area contributed by atoms with Gasteiger partial charge in [0.2, 0.25) is 9.84 Å². The van der Waals surface area contributed by atoms with Crippen LogP contribution in [0.25, 0.3) is 0 Å². The molecule has 0 heterocycles. The number of rotatable bonds is 7. The molecule has 2 aromatic rings. The molecule has 0 aliphatic rings. The SMILES string of the molecule is C[Si](C)(C)CC(O)CCc1cccc(S(=O)(=O)c2ccccc2)c1Br. The summed E-state index contributed by atoms with van der Waals surface area (Å²) < 4.78 is 26.3. The summed E-state index contributed by atoms with van der Waals surface area (Å²) in [6.45, 7) is 6.71. The molecule has 25 heavy (non-hydrogen) atoms. The van der Waals surface area contributed by atoms with Crippen LogP contribution in [0.1, 0.15) is 12.0 Å². The highest BCUT2D eigenvalue weighted by Gasteiger charge is 2.23. The summed E-state index contributed by atoms with van der Waals surface area (Å²) in [5, 5.41) is 10.2. The Balaban J connectivity index is 2.23. The van der Waals surface area contributed by atoms with Crippen LogP contribution in [0.5, 0.6) is 0 Å². The first-order valence-electron chi connectivity index (χ1n) is 8.37. The molecule has 0 aliphatic carbocycles. The Morgan fingerprint density at radius 3 is 2.28 bits per heavy atom. The van der Waals surface area contributed by atoms with Crippen LogP contribution in [0.15, 0.2) is 62.8 Å². The molecule has 136 valence electrons. The van der Waals surface area contributed by atoms with Crippen molar-refractivity contribution in [3.8, 4) is 0 Å². The lowest BCUT2D eigenvalue weighted by atomic mass is 10.1. The maximum absolute atomic E-state index is 12.9. The minimum Gasteiger partial charge on any atom is -0.393 e. The smallest absolute Gasteiger partial charge is 0.207 e. The van der Waals surface area contributed by atoms with Crippen molar-refractivity contribution in [1.29, 1.82) is 0 Å². The zero-order valence-corrected chi connectivity index (χ0v) is 18.3. The van der Waals surface area contributed by atoms with Crippen molar-refractivity contribution in [2.75, 3.05) is 0 Å². The van der Waals surface area contributed by atoms with Crippen molar-refractivity contribution in [2.45, 2.75) is 54.4 Å². The summed E-state index contributed by atoms with van der Waals surface area (Å²) in [7, 11) is -4.88. The molecule has 2 rings (SSSR count). The van der Waals surface area contributed by atoms with Crippen LogP contribution >= 0.6 is 15.9 Å². The van der Waals surface area contributed by atoms with E-state index in [0.29, 0.717) is 17.3 Å². The molecule has 0 bridgehead atoms. The van der Waals surface area contributed by atoms with Crippen LogP contribution in [-0.4, -0.2) is 27.7 Å². The zero-order valence-electron chi connectivity index (χ0n) is 14.9. The fraction of sp³-hybridized carbons (Fsp3) is 0.368. The van der Waals surface area contributed by atoms with Crippen molar-refractivity contribution >= 4 is 33.8 Å². The first-order chi connectivity index (χ1) is 11.6. The summed E-state index contributed by atoms with van der Waals surface area (Å²) in [6.07, 6.45) is 0.940. The molecular formula is C19H25BrO3SSi. The van der Waals surface area contributed by atoms with E-state index >= 15 is 0 Å². The molecule has 3 nitrogen and oxygen atoms in total. The third-order valence-corrected chi connectivity index (χ3v) is 8.69. The summed E-state index contributed by atoms with van der Waals surface area (Å²) in [6, 6.07) is 14.6. The van der Waals surface area contributed by atoms with Crippen LogP contribution in [0.3, 0.4) is 0 Å². The Hall–Kier alpha value is -0.953. The summed E-state index contributed by atoms with van der Waals surface area (Å²) in [5.41, 5.74) is 0.909. The molecule has 1 N–H and O–H groups in total. The average Bonchev–Trinajstić information content (AvgIpc) is 2.53. The number of halogens is 1. The zero-order chi connectivity index (χ0) is 18.7. The molecule has 0 spiro atoms. The minimum atomic E-state index is -3.56. The van der Waals surface area contributed by atoms with Crippen molar-refractivity contribution in [3.63, 3.8) is 0 Å². The molecule has 2 aromatic carbocycles. The van der Waals surface area contributed by atoms with Crippen LogP contribution < -0.4 is 0 Å². The largest absolute Gasteiger partial charge is 0.393 e. The first kappa shape index (κ1) is 20.4. The second-order valence-corrected chi connectivity index (χ2v) is 15.7. The monoisotopic (exact) mass is 440 g/mol. The molecule has 0 saturated carbocycles. The van der Waals surface area contributed by atoms with Crippen molar-refractivity contribution in [3.05, 3.63) is 58.6 Å². The second-order valence-electron chi connectivity index (χ2n) is 7.50. The quantitative estimate of drug-likeness (QED) is 0.621. The minimum absolute atomic E-state index is 0.274. The summed E-state index contributed by atoms with van der Waals surface area (Å²) in [5.74, 6) is 0. The number of hydrogen-bond donors (Lipinski definition) is 1. The highest BCUT2D eigenvalue weighted by Crippen LogP contribution is 2.31. The van der Waals surface area contributed by atoms with Gasteiger partial charge in [0, 0.05) is 12.5 Å². The van der Waals surface area contributed by atoms with E-state index in [1.807, 2.05) is 6.07 Å². The number of hydrogen-bond acceptors (Lipinski definition) is 3. The van der Waals surface area contributed by atoms with Gasteiger partial charge in [0.05, 0.1) is 15.9 Å². The van der Waals surface area contributed by atoms with E-state index in [1.54, 1.807) is 42.5 Å². The van der Waals surface area contributed by atoms with Crippen molar-refractivity contribution < 1.29 is 13.5 Å². The van der Waals surface area contributed by atoms with Crippen LogP contribution in [0.2, 0.25) is 25.7 Å². The summed E-state index contributed by atoms with van der Waals surface area (Å²) in [4.78, 5) is 0.558. The van der Waals surface area contributed by atoms with Gasteiger partial charge in [0.25, 0.3) is 0 Å². The average molecular weight is 441 g/mol. The fourth-order valence-corrected chi connectivity index (χ4v) is 6.93. The number of aliphatic hydroxyl groups is 1. The first-order valence-corrected chi connectivity index (χ1v) is 14.4. The molecule has 1 atom stereocenters. The lowest BCUT2D eigenvalue weighted by Crippen LogP contribution is -2.27. The molecule has 0 radical (unpaired) electrons. The van der Waals surface area contributed by atoms with Crippen LogP contribution in [0, 0.1) is 0 Å². The van der Waals surface area contributed by atoms with Gasteiger partial charge in [0.1, 0.15) is 0 Å². The van der Waals surface area contributed by atoms with Gasteiger partial charge in [-0.25, -0.2) is 8.42 Å². The second kappa shape index (κ2) is 8.16. The lowest BCUT2D eigenvalue weighted by Gasteiger charge is -2.20. The normalized spacial score (nSPS) is 13.6. The van der Waals surface area contributed by atoms with Gasteiger partial charge in [-0.15, -0.1) is 0 Å². The van der Waals surface area contributed by atoms with Gasteiger partial charge in [-0.3, -0.25) is 0 Å². The van der Waals surface area contributed by atoms with Gasteiger partial charge in [0.15, 0.2) is 0 Å². The highest BCUT2D eigenvalue weighted by molar-refractivity contribution is 9.10. The van der Waals surface area contributed by atoms with E-state index in [4.69, 9.17) is 0 Å². The molecule has 0 saturated heterocycles. The molecule has 0 amide bonds. The number of aryl methyl sites for hydroxylation is 1. The van der Waals surface area contributed by atoms with E-state index in [2.05, 4.69) is 35.6 Å². The Labute approximate surface area is 160 Å². The molecule has 0 aromatic heterocycles. The Morgan fingerprint density at radius 2 is 1.68 bits per heavy atom. The van der Waals surface area contributed by atoms with Crippen LogP contribution in [0.4, 0.5) is 0 Å². The third kappa shape index (κ3) is 5.51. The molecule has 0 fully saturated rings. The topological polar surface area (TPSA) is 54.4 Å². The highest BCUT2D eigenvalue weighted by atomic mass is 79.9.